The summed E-state index contributed by atoms with van der Waals surface area (Å²) in [7, 11) is 0. The predicted octanol–water partition coefficient (Wildman–Crippen LogP) is 5.66. The summed E-state index contributed by atoms with van der Waals surface area (Å²) >= 11 is 0. The number of furan rings is 1. The molecule has 3 aromatic rings. The highest BCUT2D eigenvalue weighted by Crippen LogP contribution is 2.40. The van der Waals surface area contributed by atoms with Gasteiger partial charge >= 0.3 is 12.3 Å². The number of unbranched alkanes of at least 4 members (excludes halogenated alkanes) is 2. The highest BCUT2D eigenvalue weighted by atomic mass is 19.4. The molecule has 10 nitrogen and oxygen atoms in total. The fourth-order valence-corrected chi connectivity index (χ4v) is 5.00. The number of benzene rings is 1. The van der Waals surface area contributed by atoms with Crippen molar-refractivity contribution >= 4 is 16.9 Å². The lowest BCUT2D eigenvalue weighted by atomic mass is 10.0. The normalized spacial score (nSPS) is 14.6. The van der Waals surface area contributed by atoms with E-state index < -0.39 is 36.7 Å². The van der Waals surface area contributed by atoms with Gasteiger partial charge in [-0.25, -0.2) is 4.79 Å². The number of rotatable bonds is 19. The van der Waals surface area contributed by atoms with Crippen LogP contribution < -0.4 is 9.47 Å². The Bertz CT molecular complexity index is 1430. The number of aryl methyl sites for hydroxylation is 1. The van der Waals surface area contributed by atoms with Crippen LogP contribution in [0.5, 0.6) is 11.5 Å². The maximum atomic E-state index is 13.3. The van der Waals surface area contributed by atoms with Crippen LogP contribution in [0.1, 0.15) is 65.0 Å². The van der Waals surface area contributed by atoms with E-state index in [1.54, 1.807) is 22.8 Å². The Morgan fingerprint density at radius 2 is 1.72 bits per heavy atom. The van der Waals surface area contributed by atoms with Crippen molar-refractivity contribution in [3.8, 4) is 23.0 Å². The van der Waals surface area contributed by atoms with E-state index >= 15 is 0 Å². The monoisotopic (exact) mass is 655 g/mol. The van der Waals surface area contributed by atoms with Crippen molar-refractivity contribution in [3.05, 3.63) is 48.2 Å². The Labute approximate surface area is 266 Å². The predicted molar refractivity (Wildman–Crippen MR) is 164 cm³/mol. The number of esters is 1. The minimum atomic E-state index is -4.89. The number of hydrogen-bond acceptors (Lipinski definition) is 9. The summed E-state index contributed by atoms with van der Waals surface area (Å²) in [5.41, 5.74) is 1.46. The Morgan fingerprint density at radius 3 is 2.37 bits per heavy atom. The van der Waals surface area contributed by atoms with E-state index in [0.29, 0.717) is 29.6 Å². The van der Waals surface area contributed by atoms with Crippen molar-refractivity contribution in [2.75, 3.05) is 13.2 Å². The number of fused-ring (bicyclic) bond motifs is 1. The van der Waals surface area contributed by atoms with E-state index in [1.165, 1.54) is 19.1 Å². The lowest BCUT2D eigenvalue weighted by molar-refractivity contribution is -0.274. The van der Waals surface area contributed by atoms with Crippen LogP contribution in [0.3, 0.4) is 0 Å². The zero-order valence-electron chi connectivity index (χ0n) is 26.4. The van der Waals surface area contributed by atoms with Crippen molar-refractivity contribution in [3.63, 3.8) is 0 Å². The summed E-state index contributed by atoms with van der Waals surface area (Å²) in [5, 5.41) is 41.8. The molecule has 4 N–H and O–H groups in total. The van der Waals surface area contributed by atoms with Crippen LogP contribution in [0.2, 0.25) is 0 Å². The molecule has 2 aromatic heterocycles. The Hall–Kier alpha value is -3.52. The highest BCUT2D eigenvalue weighted by molar-refractivity contribution is 5.87. The van der Waals surface area contributed by atoms with Gasteiger partial charge in [-0.2, -0.15) is 0 Å². The third-order valence-electron chi connectivity index (χ3n) is 7.47. The number of carbonyl (C=O) groups is 1. The third-order valence-corrected chi connectivity index (χ3v) is 7.47. The van der Waals surface area contributed by atoms with E-state index in [4.69, 9.17) is 13.9 Å². The van der Waals surface area contributed by atoms with Crippen LogP contribution in [0.15, 0.2) is 46.9 Å². The van der Waals surface area contributed by atoms with Gasteiger partial charge in [-0.1, -0.05) is 26.3 Å². The highest BCUT2D eigenvalue weighted by Gasteiger charge is 2.35. The van der Waals surface area contributed by atoms with Crippen LogP contribution in [0.25, 0.3) is 22.4 Å². The number of nitrogens with zero attached hydrogens (tertiary/aromatic N) is 1. The lowest BCUT2D eigenvalue weighted by Gasteiger charge is -2.23. The zero-order valence-corrected chi connectivity index (χ0v) is 26.4. The van der Waals surface area contributed by atoms with Gasteiger partial charge in [0.05, 0.1) is 24.9 Å². The summed E-state index contributed by atoms with van der Waals surface area (Å²) in [4.78, 5) is 11.4. The molecule has 2 heterocycles. The second-order valence-electron chi connectivity index (χ2n) is 11.3. The van der Waals surface area contributed by atoms with Crippen molar-refractivity contribution < 1.29 is 57.0 Å². The quantitative estimate of drug-likeness (QED) is 0.0730. The first kappa shape index (κ1) is 36.9. The molecule has 4 unspecified atom stereocenters. The SMILES string of the molecule is C=C(C)C(=O)OCCCC(O)C(O)CC(O)C(O)COc1ccc2cc(-c3c(OC(F)(F)F)cc(CCCCC)n3CC)oc2c1. The molecule has 0 aliphatic heterocycles. The molecule has 0 bridgehead atoms. The van der Waals surface area contributed by atoms with Crippen molar-refractivity contribution in [2.45, 2.75) is 103 Å². The molecular formula is C33H44F3NO9. The van der Waals surface area contributed by atoms with E-state index in [-0.39, 0.29) is 61.0 Å². The first-order valence-corrected chi connectivity index (χ1v) is 15.4. The van der Waals surface area contributed by atoms with E-state index in [0.717, 1.165) is 19.3 Å². The maximum Gasteiger partial charge on any atom is 0.573 e. The zero-order chi connectivity index (χ0) is 34.0. The minimum Gasteiger partial charge on any atom is -0.491 e. The van der Waals surface area contributed by atoms with Crippen LogP contribution in [0, 0.1) is 0 Å². The minimum absolute atomic E-state index is 0.0317. The third kappa shape index (κ3) is 10.5. The Balaban J connectivity index is 1.65. The first-order chi connectivity index (χ1) is 21.7. The van der Waals surface area contributed by atoms with Crippen LogP contribution in [-0.2, 0) is 22.5 Å². The Morgan fingerprint density at radius 1 is 1.00 bits per heavy atom. The van der Waals surface area contributed by atoms with E-state index in [2.05, 4.69) is 11.3 Å². The molecule has 3 rings (SSSR count). The summed E-state index contributed by atoms with van der Waals surface area (Å²) in [6.45, 7) is 8.94. The average molecular weight is 656 g/mol. The number of aromatic nitrogens is 1. The van der Waals surface area contributed by atoms with Gasteiger partial charge in [-0.3, -0.25) is 0 Å². The summed E-state index contributed by atoms with van der Waals surface area (Å²) in [6.07, 6.45) is -6.93. The molecule has 256 valence electrons. The number of aliphatic hydroxyl groups is 4. The number of hydrogen-bond donors (Lipinski definition) is 4. The Kier molecular flexibility index (Phi) is 13.5. The largest absolute Gasteiger partial charge is 0.573 e. The number of ether oxygens (including phenoxy) is 3. The fourth-order valence-electron chi connectivity index (χ4n) is 5.00. The molecule has 4 atom stereocenters. The smallest absolute Gasteiger partial charge is 0.491 e. The number of alkyl halides is 3. The average Bonchev–Trinajstić information content (AvgIpc) is 3.56. The second kappa shape index (κ2) is 16.9. The summed E-state index contributed by atoms with van der Waals surface area (Å²) < 4.78 is 62.6. The molecular weight excluding hydrogens is 611 g/mol. The van der Waals surface area contributed by atoms with Gasteiger partial charge in [0, 0.05) is 41.8 Å². The molecule has 0 saturated carbocycles. The maximum absolute atomic E-state index is 13.3. The molecule has 0 saturated heterocycles. The van der Waals surface area contributed by atoms with Gasteiger partial charge < -0.3 is 43.6 Å². The molecule has 46 heavy (non-hydrogen) atoms. The van der Waals surface area contributed by atoms with Crippen LogP contribution in [0.4, 0.5) is 13.2 Å². The van der Waals surface area contributed by atoms with Crippen molar-refractivity contribution in [1.82, 2.24) is 4.57 Å². The van der Waals surface area contributed by atoms with Gasteiger partial charge in [0.25, 0.3) is 0 Å². The first-order valence-electron chi connectivity index (χ1n) is 15.4. The van der Waals surface area contributed by atoms with Crippen molar-refractivity contribution in [1.29, 1.82) is 0 Å². The molecule has 0 aliphatic rings. The van der Waals surface area contributed by atoms with Gasteiger partial charge in [0.1, 0.15) is 29.7 Å². The molecule has 13 heteroatoms. The molecule has 0 spiro atoms. The topological polar surface area (TPSA) is 144 Å². The number of aliphatic hydroxyl groups excluding tert-OH is 4. The molecule has 0 amide bonds. The number of halogens is 3. The lowest BCUT2D eigenvalue weighted by Crippen LogP contribution is -2.38. The van der Waals surface area contributed by atoms with Crippen molar-refractivity contribution in [2.24, 2.45) is 0 Å². The molecule has 1 aromatic carbocycles. The van der Waals surface area contributed by atoms with Gasteiger partial charge in [0.15, 0.2) is 11.5 Å². The summed E-state index contributed by atoms with van der Waals surface area (Å²) in [5.74, 6) is -0.440. The van der Waals surface area contributed by atoms with Gasteiger partial charge in [0.2, 0.25) is 0 Å². The second-order valence-corrected chi connectivity index (χ2v) is 11.3. The van der Waals surface area contributed by atoms with Gasteiger partial charge in [-0.05, 0) is 57.7 Å². The molecule has 0 radical (unpaired) electrons. The fraction of sp³-hybridized carbons (Fsp3) is 0.545. The molecule has 0 fully saturated rings. The van der Waals surface area contributed by atoms with E-state index in [1.807, 2.05) is 13.8 Å². The standard InChI is InChI=1S/C33H44F3NO9/c1-5-7-8-10-22-16-30(46-33(34,35)36)31(37(22)6-2)29-15-21-12-13-23(17-28(21)45-29)44-19-27(41)26(40)18-25(39)24(38)11-9-14-43-32(42)20(3)4/h12-13,15-17,24-27,38-41H,3,5-11,14,18-19H2,1-2,4H3. The summed E-state index contributed by atoms with van der Waals surface area (Å²) in [6, 6.07) is 7.79. The number of carbonyl (C=O) groups excluding carboxylic acids is 1. The molecule has 0 aliphatic carbocycles. The van der Waals surface area contributed by atoms with E-state index in [9.17, 15) is 38.4 Å². The van der Waals surface area contributed by atoms with Gasteiger partial charge in [-0.15, -0.1) is 13.2 Å². The van der Waals surface area contributed by atoms with Crippen LogP contribution in [-0.4, -0.2) is 75.0 Å². The van der Waals surface area contributed by atoms with Crippen LogP contribution >= 0.6 is 0 Å².